The second-order valence-corrected chi connectivity index (χ2v) is 8.86. The first-order valence-corrected chi connectivity index (χ1v) is 11.7. The standard InChI is InChI=1S/C25H31N5O4/c1-19-7-3-4-8-20(19)25(18-22(32)30(23(25)33)15-16-34-2)17-21(31)28-11-6-12-29(14-13-28)24-26-9-5-10-27-24/h3-5,7-10H,6,11-18H2,1-2H3. The van der Waals surface area contributed by atoms with Gasteiger partial charge in [0.2, 0.25) is 23.7 Å². The number of ether oxygens (including phenoxy) is 1. The molecule has 0 N–H and O–H groups in total. The van der Waals surface area contributed by atoms with E-state index >= 15 is 0 Å². The van der Waals surface area contributed by atoms with Crippen LogP contribution in [0.3, 0.4) is 0 Å². The third-order valence-electron chi connectivity index (χ3n) is 6.72. The van der Waals surface area contributed by atoms with Crippen molar-refractivity contribution in [2.75, 3.05) is 51.3 Å². The minimum atomic E-state index is -1.19. The summed E-state index contributed by atoms with van der Waals surface area (Å²) in [5.41, 5.74) is 0.450. The summed E-state index contributed by atoms with van der Waals surface area (Å²) in [4.78, 5) is 53.9. The summed E-state index contributed by atoms with van der Waals surface area (Å²) in [5, 5.41) is 0. The molecule has 9 nitrogen and oxygen atoms in total. The van der Waals surface area contributed by atoms with Gasteiger partial charge in [-0.2, -0.15) is 0 Å². The van der Waals surface area contributed by atoms with Crippen LogP contribution >= 0.6 is 0 Å². The van der Waals surface area contributed by atoms with Crippen molar-refractivity contribution in [2.24, 2.45) is 0 Å². The number of imide groups is 1. The van der Waals surface area contributed by atoms with Crippen LogP contribution in [0, 0.1) is 6.92 Å². The Labute approximate surface area is 199 Å². The molecule has 3 amide bonds. The van der Waals surface area contributed by atoms with E-state index in [2.05, 4.69) is 14.9 Å². The Morgan fingerprint density at radius 2 is 1.82 bits per heavy atom. The normalized spacial score (nSPS) is 21.2. The van der Waals surface area contributed by atoms with Gasteiger partial charge >= 0.3 is 0 Å². The van der Waals surface area contributed by atoms with Gasteiger partial charge in [-0.3, -0.25) is 19.3 Å². The smallest absolute Gasteiger partial charge is 0.240 e. The van der Waals surface area contributed by atoms with Gasteiger partial charge in [0.05, 0.1) is 18.6 Å². The lowest BCUT2D eigenvalue weighted by atomic mass is 9.74. The van der Waals surface area contributed by atoms with E-state index in [9.17, 15) is 14.4 Å². The number of carbonyl (C=O) groups is 3. The van der Waals surface area contributed by atoms with Crippen LogP contribution in [0.2, 0.25) is 0 Å². The lowest BCUT2D eigenvalue weighted by Gasteiger charge is -2.31. The van der Waals surface area contributed by atoms with Gasteiger partial charge in [0.1, 0.15) is 0 Å². The fourth-order valence-corrected chi connectivity index (χ4v) is 4.95. The molecule has 0 spiro atoms. The van der Waals surface area contributed by atoms with E-state index in [1.165, 1.54) is 12.0 Å². The number of benzene rings is 1. The number of rotatable bonds is 7. The molecule has 180 valence electrons. The molecule has 2 aromatic rings. The van der Waals surface area contributed by atoms with Crippen LogP contribution in [0.4, 0.5) is 5.95 Å². The topological polar surface area (TPSA) is 95.9 Å². The lowest BCUT2D eigenvalue weighted by Crippen LogP contribution is -2.45. The maximum absolute atomic E-state index is 13.7. The summed E-state index contributed by atoms with van der Waals surface area (Å²) in [6, 6.07) is 9.31. The molecule has 4 rings (SSSR count). The van der Waals surface area contributed by atoms with Gasteiger partial charge in [-0.05, 0) is 30.5 Å². The molecular weight excluding hydrogens is 434 g/mol. The number of methoxy groups -OCH3 is 1. The van der Waals surface area contributed by atoms with Crippen molar-refractivity contribution in [1.82, 2.24) is 19.8 Å². The summed E-state index contributed by atoms with van der Waals surface area (Å²) in [6.07, 6.45) is 4.15. The van der Waals surface area contributed by atoms with Gasteiger partial charge in [-0.15, -0.1) is 0 Å². The summed E-state index contributed by atoms with van der Waals surface area (Å²) in [6.45, 7) is 4.82. The van der Waals surface area contributed by atoms with E-state index in [0.717, 1.165) is 24.1 Å². The number of hydrogen-bond donors (Lipinski definition) is 0. The van der Waals surface area contributed by atoms with E-state index in [1.54, 1.807) is 23.4 Å². The summed E-state index contributed by atoms with van der Waals surface area (Å²) in [7, 11) is 1.53. The quantitative estimate of drug-likeness (QED) is 0.573. The molecular formula is C25H31N5O4. The van der Waals surface area contributed by atoms with Crippen molar-refractivity contribution in [2.45, 2.75) is 31.6 Å². The predicted molar refractivity (Wildman–Crippen MR) is 126 cm³/mol. The van der Waals surface area contributed by atoms with Crippen molar-refractivity contribution < 1.29 is 19.1 Å². The van der Waals surface area contributed by atoms with Gasteiger partial charge in [-0.1, -0.05) is 24.3 Å². The van der Waals surface area contributed by atoms with Crippen LogP contribution < -0.4 is 4.90 Å². The highest BCUT2D eigenvalue weighted by molar-refractivity contribution is 6.11. The summed E-state index contributed by atoms with van der Waals surface area (Å²) >= 11 is 0. The molecule has 2 saturated heterocycles. The average Bonchev–Trinajstić information content (AvgIpc) is 3.00. The van der Waals surface area contributed by atoms with Gasteiger partial charge in [0.15, 0.2) is 0 Å². The maximum Gasteiger partial charge on any atom is 0.240 e. The molecule has 2 aliphatic rings. The Morgan fingerprint density at radius 3 is 2.56 bits per heavy atom. The number of aromatic nitrogens is 2. The minimum absolute atomic E-state index is 0.00996. The molecule has 2 aliphatic heterocycles. The number of amides is 3. The van der Waals surface area contributed by atoms with Crippen LogP contribution in [0.25, 0.3) is 0 Å². The molecule has 1 unspecified atom stereocenters. The Balaban J connectivity index is 1.56. The van der Waals surface area contributed by atoms with Crippen molar-refractivity contribution in [3.63, 3.8) is 0 Å². The highest BCUT2D eigenvalue weighted by atomic mass is 16.5. The zero-order valence-electron chi connectivity index (χ0n) is 19.8. The second-order valence-electron chi connectivity index (χ2n) is 8.86. The lowest BCUT2D eigenvalue weighted by molar-refractivity contribution is -0.143. The zero-order valence-corrected chi connectivity index (χ0v) is 19.8. The van der Waals surface area contributed by atoms with Crippen LogP contribution in [-0.2, 0) is 24.5 Å². The van der Waals surface area contributed by atoms with E-state index in [4.69, 9.17) is 4.74 Å². The monoisotopic (exact) mass is 465 g/mol. The third-order valence-corrected chi connectivity index (χ3v) is 6.72. The van der Waals surface area contributed by atoms with Crippen molar-refractivity contribution in [3.8, 4) is 0 Å². The molecule has 3 heterocycles. The first kappa shape index (κ1) is 23.8. The fraction of sp³-hybridized carbons (Fsp3) is 0.480. The highest BCUT2D eigenvalue weighted by Gasteiger charge is 2.54. The number of hydrogen-bond acceptors (Lipinski definition) is 7. The van der Waals surface area contributed by atoms with E-state index in [-0.39, 0.29) is 43.7 Å². The predicted octanol–water partition coefficient (Wildman–Crippen LogP) is 1.56. The Hall–Kier alpha value is -3.33. The molecule has 1 atom stereocenters. The van der Waals surface area contributed by atoms with Gasteiger partial charge < -0.3 is 14.5 Å². The van der Waals surface area contributed by atoms with Gasteiger partial charge in [0, 0.05) is 58.5 Å². The molecule has 0 aliphatic carbocycles. The third kappa shape index (κ3) is 4.65. The van der Waals surface area contributed by atoms with Gasteiger partial charge in [-0.25, -0.2) is 9.97 Å². The van der Waals surface area contributed by atoms with Crippen LogP contribution in [0.5, 0.6) is 0 Å². The van der Waals surface area contributed by atoms with Crippen molar-refractivity contribution in [3.05, 3.63) is 53.9 Å². The summed E-state index contributed by atoms with van der Waals surface area (Å²) < 4.78 is 5.10. The molecule has 34 heavy (non-hydrogen) atoms. The molecule has 1 aromatic carbocycles. The van der Waals surface area contributed by atoms with Crippen molar-refractivity contribution in [1.29, 1.82) is 0 Å². The Bertz CT molecular complexity index is 1050. The van der Waals surface area contributed by atoms with Crippen LogP contribution in [0.15, 0.2) is 42.7 Å². The molecule has 0 radical (unpaired) electrons. The van der Waals surface area contributed by atoms with E-state index in [1.807, 2.05) is 31.2 Å². The Morgan fingerprint density at radius 1 is 1.06 bits per heavy atom. The van der Waals surface area contributed by atoms with Crippen molar-refractivity contribution >= 4 is 23.7 Å². The number of anilines is 1. The maximum atomic E-state index is 13.7. The highest BCUT2D eigenvalue weighted by Crippen LogP contribution is 2.41. The first-order valence-electron chi connectivity index (χ1n) is 11.7. The van der Waals surface area contributed by atoms with E-state index < -0.39 is 5.41 Å². The van der Waals surface area contributed by atoms with Gasteiger partial charge in [0.25, 0.3) is 0 Å². The average molecular weight is 466 g/mol. The number of aryl methyl sites for hydroxylation is 1. The largest absolute Gasteiger partial charge is 0.383 e. The number of nitrogens with zero attached hydrogens (tertiary/aromatic N) is 5. The van der Waals surface area contributed by atoms with Crippen LogP contribution in [0.1, 0.15) is 30.4 Å². The second kappa shape index (κ2) is 10.3. The Kier molecular flexibility index (Phi) is 7.21. The summed E-state index contributed by atoms with van der Waals surface area (Å²) in [5.74, 6) is -0.0416. The molecule has 2 fully saturated rings. The number of carbonyl (C=O) groups excluding carboxylic acids is 3. The minimum Gasteiger partial charge on any atom is -0.383 e. The van der Waals surface area contributed by atoms with Crippen LogP contribution in [-0.4, -0.2) is 83.9 Å². The number of likely N-dealkylation sites (tertiary alicyclic amines) is 1. The SMILES string of the molecule is COCCN1C(=O)CC(CC(=O)N2CCCN(c3ncccn3)CC2)(c2ccccc2C)C1=O. The molecule has 9 heteroatoms. The molecule has 0 bridgehead atoms. The first-order chi connectivity index (χ1) is 16.5. The zero-order chi connectivity index (χ0) is 24.1. The van der Waals surface area contributed by atoms with E-state index in [0.29, 0.717) is 25.6 Å². The fourth-order valence-electron chi connectivity index (χ4n) is 4.95. The molecule has 1 aromatic heterocycles. The molecule has 0 saturated carbocycles.